The fraction of sp³-hybridized carbons (Fsp3) is 0. The topological polar surface area (TPSA) is 50.5 Å². The second-order valence-corrected chi connectivity index (χ2v) is 14.4. The molecule has 0 spiro atoms. The molecule has 9 aromatic rings. The summed E-state index contributed by atoms with van der Waals surface area (Å²) in [5, 5.41) is 3.57. The van der Waals surface area contributed by atoms with Gasteiger partial charge in [-0.1, -0.05) is 145 Å². The van der Waals surface area contributed by atoms with E-state index in [9.17, 15) is 0 Å². The van der Waals surface area contributed by atoms with Gasteiger partial charge in [-0.15, -0.1) is 22.7 Å². The summed E-state index contributed by atoms with van der Waals surface area (Å²) in [6.45, 7) is 0. The van der Waals surface area contributed by atoms with Crippen molar-refractivity contribution in [3.63, 3.8) is 0 Å². The van der Waals surface area contributed by atoms with Gasteiger partial charge in [0.1, 0.15) is 5.70 Å². The molecular weight excluding hydrogens is 661 g/mol. The molecule has 0 aliphatic carbocycles. The molecule has 6 aromatic carbocycles. The Morgan fingerprint density at radius 1 is 0.471 bits per heavy atom. The zero-order valence-electron chi connectivity index (χ0n) is 27.1. The third-order valence-electron chi connectivity index (χ3n) is 9.17. The highest BCUT2D eigenvalue weighted by molar-refractivity contribution is 7.26. The molecule has 0 radical (unpaired) electrons. The van der Waals surface area contributed by atoms with Gasteiger partial charge in [0.05, 0.1) is 21.6 Å². The lowest BCUT2D eigenvalue weighted by molar-refractivity contribution is 1.24. The second kappa shape index (κ2) is 12.2. The van der Waals surface area contributed by atoms with Crippen molar-refractivity contribution in [2.24, 2.45) is 9.98 Å². The van der Waals surface area contributed by atoms with Crippen molar-refractivity contribution in [2.45, 2.75) is 0 Å². The van der Waals surface area contributed by atoms with Crippen LogP contribution in [0.15, 0.2) is 173 Å². The largest absolute Gasteiger partial charge is 0.227 e. The zero-order valence-corrected chi connectivity index (χ0v) is 28.7. The van der Waals surface area contributed by atoms with Crippen LogP contribution in [0.3, 0.4) is 0 Å². The Morgan fingerprint density at radius 2 is 1.16 bits per heavy atom. The highest BCUT2D eigenvalue weighted by Crippen LogP contribution is 2.42. The van der Waals surface area contributed by atoms with E-state index in [4.69, 9.17) is 20.0 Å². The maximum Gasteiger partial charge on any atom is 0.161 e. The lowest BCUT2D eigenvalue weighted by Crippen LogP contribution is -2.04. The highest BCUT2D eigenvalue weighted by atomic mass is 32.1. The molecule has 0 unspecified atom stereocenters. The van der Waals surface area contributed by atoms with Crippen molar-refractivity contribution in [1.29, 1.82) is 0 Å². The van der Waals surface area contributed by atoms with Gasteiger partial charge in [0.15, 0.2) is 11.7 Å². The van der Waals surface area contributed by atoms with Crippen LogP contribution in [0.2, 0.25) is 0 Å². The van der Waals surface area contributed by atoms with Gasteiger partial charge in [-0.05, 0) is 12.1 Å². The van der Waals surface area contributed by atoms with Gasteiger partial charge >= 0.3 is 0 Å². The van der Waals surface area contributed by atoms with Gasteiger partial charge in [-0.25, -0.2) is 20.0 Å². The fourth-order valence-electron chi connectivity index (χ4n) is 6.69. The van der Waals surface area contributed by atoms with Gasteiger partial charge in [0.2, 0.25) is 0 Å². The van der Waals surface area contributed by atoms with Crippen molar-refractivity contribution in [1.82, 2.24) is 9.97 Å². The summed E-state index contributed by atoms with van der Waals surface area (Å²) in [5.74, 6) is 1.40. The van der Waals surface area contributed by atoms with E-state index in [1.54, 1.807) is 22.7 Å². The molecule has 10 rings (SSSR count). The van der Waals surface area contributed by atoms with Crippen LogP contribution in [0.25, 0.3) is 68.8 Å². The Morgan fingerprint density at radius 3 is 1.96 bits per heavy atom. The predicted molar refractivity (Wildman–Crippen MR) is 216 cm³/mol. The third-order valence-corrected chi connectivity index (χ3v) is 11.5. The van der Waals surface area contributed by atoms with Crippen molar-refractivity contribution >= 4 is 80.4 Å². The Labute approximate surface area is 301 Å². The molecule has 0 saturated heterocycles. The van der Waals surface area contributed by atoms with Crippen LogP contribution in [-0.2, 0) is 0 Å². The van der Waals surface area contributed by atoms with Crippen LogP contribution in [-0.4, -0.2) is 21.5 Å². The molecule has 1 aliphatic heterocycles. The van der Waals surface area contributed by atoms with Crippen LogP contribution in [0.1, 0.15) is 16.7 Å². The Kier molecular flexibility index (Phi) is 7.10. The van der Waals surface area contributed by atoms with Crippen molar-refractivity contribution < 1.29 is 0 Å². The van der Waals surface area contributed by atoms with Gasteiger partial charge < -0.3 is 0 Å². The molecule has 51 heavy (non-hydrogen) atoms. The van der Waals surface area contributed by atoms with Gasteiger partial charge in [0.25, 0.3) is 0 Å². The predicted octanol–water partition coefficient (Wildman–Crippen LogP) is 12.0. The van der Waals surface area contributed by atoms with Crippen LogP contribution in [0.4, 0.5) is 0 Å². The lowest BCUT2D eigenvalue weighted by atomic mass is 10.0. The molecule has 4 nitrogen and oxygen atoms in total. The van der Waals surface area contributed by atoms with E-state index in [1.807, 2.05) is 60.7 Å². The molecule has 1 aliphatic rings. The third kappa shape index (κ3) is 5.22. The maximum atomic E-state index is 5.22. The van der Waals surface area contributed by atoms with Crippen molar-refractivity contribution in [2.75, 3.05) is 0 Å². The number of aromatic nitrogens is 2. The monoisotopic (exact) mass is 686 g/mol. The number of allylic oxidation sites excluding steroid dienone is 1. The summed E-state index contributed by atoms with van der Waals surface area (Å²) in [6, 6.07) is 52.3. The SMILES string of the molecule is C1=CC(c2cccc3c2sc2cc(-c4nc(-c5ccccc5)nc5c4sc4ccccc45)ccc23)=NC(c2ccccc2)=NC=1c1ccccc1. The van der Waals surface area contributed by atoms with E-state index in [0.29, 0.717) is 5.84 Å². The van der Waals surface area contributed by atoms with Crippen LogP contribution >= 0.6 is 22.7 Å². The van der Waals surface area contributed by atoms with E-state index >= 15 is 0 Å². The summed E-state index contributed by atoms with van der Waals surface area (Å²) >= 11 is 3.54. The molecule has 3 aromatic heterocycles. The number of benzene rings is 6. The van der Waals surface area contributed by atoms with E-state index in [2.05, 4.69) is 103 Å². The fourth-order valence-corrected chi connectivity index (χ4v) is 9.11. The van der Waals surface area contributed by atoms with Gasteiger partial charge in [-0.3, -0.25) is 0 Å². The van der Waals surface area contributed by atoms with E-state index in [1.165, 1.54) is 24.9 Å². The lowest BCUT2D eigenvalue weighted by Gasteiger charge is -2.07. The minimum atomic E-state index is 0.663. The number of thiophene rings is 2. The van der Waals surface area contributed by atoms with Crippen LogP contribution in [0.5, 0.6) is 0 Å². The number of hydrogen-bond acceptors (Lipinski definition) is 6. The number of hydrogen-bond donors (Lipinski definition) is 0. The number of amidine groups is 1. The van der Waals surface area contributed by atoms with Crippen molar-refractivity contribution in [3.8, 4) is 22.6 Å². The van der Waals surface area contributed by atoms with Crippen LogP contribution in [0, 0.1) is 0 Å². The van der Waals surface area contributed by atoms with Gasteiger partial charge in [-0.2, -0.15) is 0 Å². The minimum Gasteiger partial charge on any atom is -0.227 e. The molecule has 0 amide bonds. The molecule has 0 fully saturated rings. The molecule has 0 N–H and O–H groups in total. The molecule has 4 heterocycles. The number of nitrogens with zero attached hydrogens (tertiary/aromatic N) is 4. The minimum absolute atomic E-state index is 0.663. The Hall–Kier alpha value is -6.30. The van der Waals surface area contributed by atoms with E-state index < -0.39 is 0 Å². The van der Waals surface area contributed by atoms with E-state index in [0.717, 1.165) is 66.3 Å². The van der Waals surface area contributed by atoms with E-state index in [-0.39, 0.29) is 0 Å². The van der Waals surface area contributed by atoms with Crippen molar-refractivity contribution in [3.05, 3.63) is 180 Å². The number of fused-ring (bicyclic) bond motifs is 6. The molecule has 238 valence electrons. The maximum absolute atomic E-state index is 5.22. The highest BCUT2D eigenvalue weighted by Gasteiger charge is 2.19. The first kappa shape index (κ1) is 29.6. The quantitative estimate of drug-likeness (QED) is 0.169. The smallest absolute Gasteiger partial charge is 0.161 e. The first-order chi connectivity index (χ1) is 25.3. The average Bonchev–Trinajstić information content (AvgIpc) is 3.68. The average molecular weight is 687 g/mol. The molecular formula is C45H26N4S2. The van der Waals surface area contributed by atoms with Crippen LogP contribution < -0.4 is 0 Å². The summed E-state index contributed by atoms with van der Waals surface area (Å²) in [5.41, 5.74) is 12.1. The zero-order chi connectivity index (χ0) is 33.7. The molecule has 0 saturated carbocycles. The summed E-state index contributed by atoms with van der Waals surface area (Å²) < 4.78 is 4.68. The Bertz CT molecular complexity index is 2930. The molecule has 0 atom stereocenters. The summed E-state index contributed by atoms with van der Waals surface area (Å²) in [6.07, 6.45) is 1.98. The second-order valence-electron chi connectivity index (χ2n) is 12.3. The number of aliphatic imine (C=N–C) groups is 2. The first-order valence-corrected chi connectivity index (χ1v) is 18.4. The number of rotatable bonds is 5. The standard InChI is InChI=1S/C45H26N4S2/c1-4-13-28(14-5-1)36-25-26-37(47-44(46-36)29-15-6-2-7-16-29)34-21-12-20-33-32-24-23-31(27-39(32)51-42(33)34)40-43-41(35-19-10-11-22-38(35)50-43)49-45(48-40)30-17-8-3-9-18-30/h1-24,26-27H. The summed E-state index contributed by atoms with van der Waals surface area (Å²) in [7, 11) is 0. The Balaban J connectivity index is 1.15. The molecule has 6 heteroatoms. The summed E-state index contributed by atoms with van der Waals surface area (Å²) in [4.78, 5) is 20.5. The first-order valence-electron chi connectivity index (χ1n) is 16.7. The van der Waals surface area contributed by atoms with Gasteiger partial charge in [0, 0.05) is 64.2 Å². The molecule has 0 bridgehead atoms. The normalized spacial score (nSPS) is 13.1.